The first kappa shape index (κ1) is 26.7. The van der Waals surface area contributed by atoms with Gasteiger partial charge in [-0.2, -0.15) is 18.3 Å². The van der Waals surface area contributed by atoms with Crippen molar-refractivity contribution in [1.82, 2.24) is 15.1 Å². The molecule has 0 bridgehead atoms. The van der Waals surface area contributed by atoms with Gasteiger partial charge in [-0.15, -0.1) is 0 Å². The van der Waals surface area contributed by atoms with E-state index in [-0.39, 0.29) is 17.1 Å². The molecule has 0 radical (unpaired) electrons. The van der Waals surface area contributed by atoms with Crippen LogP contribution in [0.25, 0.3) is 0 Å². The molecule has 2 aromatic carbocycles. The number of ether oxygens (including phenoxy) is 2. The summed E-state index contributed by atoms with van der Waals surface area (Å²) in [6.45, 7) is 1.21. The van der Waals surface area contributed by atoms with Crippen LogP contribution in [0.15, 0.2) is 47.5 Å². The summed E-state index contributed by atoms with van der Waals surface area (Å²) < 4.78 is 51.0. The first-order valence-electron chi connectivity index (χ1n) is 11.0. The molecule has 192 valence electrons. The van der Waals surface area contributed by atoms with Crippen molar-refractivity contribution >= 4 is 17.9 Å². The number of amidine groups is 1. The van der Waals surface area contributed by atoms with E-state index < -0.39 is 24.4 Å². The Morgan fingerprint density at radius 1 is 1.17 bits per heavy atom. The first-order valence-corrected chi connectivity index (χ1v) is 11.0. The van der Waals surface area contributed by atoms with Crippen molar-refractivity contribution < 1.29 is 32.5 Å². The number of hydrogen-bond donors (Lipinski definition) is 2. The number of benzene rings is 2. The Balaban J connectivity index is 2.03. The Labute approximate surface area is 206 Å². The SMILES string of the molecule is CN/C(Cc1ccc(OC)c(OC)c1)=N\c1c(C=O)c(CO)nn1C(C)c1ccc(C(F)(F)F)cc1. The average molecular weight is 505 g/mol. The summed E-state index contributed by atoms with van der Waals surface area (Å²) in [6.07, 6.45) is -3.57. The van der Waals surface area contributed by atoms with Crippen LogP contribution in [0.1, 0.15) is 45.7 Å². The third-order valence-electron chi connectivity index (χ3n) is 5.70. The van der Waals surface area contributed by atoms with Crippen LogP contribution >= 0.6 is 0 Å². The number of aromatic nitrogens is 2. The minimum absolute atomic E-state index is 0.0938. The number of nitrogens with zero attached hydrogens (tertiary/aromatic N) is 3. The van der Waals surface area contributed by atoms with E-state index in [1.807, 2.05) is 6.07 Å². The molecule has 1 atom stereocenters. The number of alkyl halides is 3. The van der Waals surface area contributed by atoms with E-state index in [0.717, 1.165) is 17.7 Å². The summed E-state index contributed by atoms with van der Waals surface area (Å²) in [5.74, 6) is 1.77. The standard InChI is InChI=1S/C25H27F3N4O4/c1-15(17-6-8-18(9-7-17)25(26,27)28)32-24(19(13-33)20(14-34)31-32)30-23(29-2)12-16-5-10-21(35-3)22(11-16)36-4/h5-11,13,15,34H,12,14H2,1-4H3,(H,29,30). The third kappa shape index (κ3) is 5.68. The molecule has 0 amide bonds. The highest BCUT2D eigenvalue weighted by Gasteiger charge is 2.30. The van der Waals surface area contributed by atoms with E-state index in [0.29, 0.717) is 35.6 Å². The van der Waals surface area contributed by atoms with E-state index in [9.17, 15) is 23.1 Å². The van der Waals surface area contributed by atoms with E-state index in [1.54, 1.807) is 26.1 Å². The predicted octanol–water partition coefficient (Wildman–Crippen LogP) is 4.33. The fourth-order valence-corrected chi connectivity index (χ4v) is 3.69. The predicted molar refractivity (Wildman–Crippen MR) is 128 cm³/mol. The summed E-state index contributed by atoms with van der Waals surface area (Å²) in [6, 6.07) is 9.51. The van der Waals surface area contributed by atoms with Gasteiger partial charge >= 0.3 is 6.18 Å². The monoisotopic (exact) mass is 504 g/mol. The number of halogens is 3. The molecule has 0 aliphatic carbocycles. The van der Waals surface area contributed by atoms with Crippen molar-refractivity contribution in [3.05, 3.63) is 70.4 Å². The number of likely N-dealkylation sites (N-methyl/N-ethyl adjacent to an activating group) is 1. The second kappa shape index (κ2) is 11.3. The summed E-state index contributed by atoms with van der Waals surface area (Å²) in [4.78, 5) is 16.5. The molecule has 0 saturated carbocycles. The van der Waals surface area contributed by atoms with Crippen LogP contribution in [0, 0.1) is 0 Å². The number of nitrogens with one attached hydrogen (secondary N) is 1. The zero-order valence-electron chi connectivity index (χ0n) is 20.3. The molecule has 36 heavy (non-hydrogen) atoms. The lowest BCUT2D eigenvalue weighted by Crippen LogP contribution is -2.21. The Hall–Kier alpha value is -3.86. The topological polar surface area (TPSA) is 98.0 Å². The van der Waals surface area contributed by atoms with Crippen molar-refractivity contribution in [2.75, 3.05) is 21.3 Å². The maximum absolute atomic E-state index is 13.0. The number of aliphatic hydroxyl groups excluding tert-OH is 1. The van der Waals surface area contributed by atoms with E-state index in [2.05, 4.69) is 15.4 Å². The van der Waals surface area contributed by atoms with Gasteiger partial charge in [0.05, 0.1) is 38.0 Å². The van der Waals surface area contributed by atoms with Crippen molar-refractivity contribution in [3.63, 3.8) is 0 Å². The first-order chi connectivity index (χ1) is 17.2. The average Bonchev–Trinajstić information content (AvgIpc) is 3.24. The normalized spacial score (nSPS) is 12.8. The molecular formula is C25H27F3N4O4. The lowest BCUT2D eigenvalue weighted by Gasteiger charge is -2.17. The zero-order valence-corrected chi connectivity index (χ0v) is 20.3. The molecule has 1 unspecified atom stereocenters. The Bertz CT molecular complexity index is 1240. The molecule has 3 rings (SSSR count). The summed E-state index contributed by atoms with van der Waals surface area (Å²) in [5.41, 5.74) is 0.807. The molecule has 0 saturated heterocycles. The van der Waals surface area contributed by atoms with Crippen LogP contribution < -0.4 is 14.8 Å². The Morgan fingerprint density at radius 3 is 2.36 bits per heavy atom. The minimum Gasteiger partial charge on any atom is -0.493 e. The van der Waals surface area contributed by atoms with Gasteiger partial charge in [-0.1, -0.05) is 18.2 Å². The number of rotatable bonds is 9. The number of hydrogen-bond acceptors (Lipinski definition) is 6. The van der Waals surface area contributed by atoms with Gasteiger partial charge in [-0.05, 0) is 42.3 Å². The summed E-state index contributed by atoms with van der Waals surface area (Å²) in [5, 5.41) is 17.1. The highest BCUT2D eigenvalue weighted by atomic mass is 19.4. The van der Waals surface area contributed by atoms with Crippen LogP contribution in [0.3, 0.4) is 0 Å². The molecule has 2 N–H and O–H groups in total. The van der Waals surface area contributed by atoms with Gasteiger partial charge in [0.15, 0.2) is 23.6 Å². The largest absolute Gasteiger partial charge is 0.493 e. The fraction of sp³-hybridized carbons (Fsp3) is 0.320. The van der Waals surface area contributed by atoms with Gasteiger partial charge < -0.3 is 19.9 Å². The van der Waals surface area contributed by atoms with Gasteiger partial charge in [-0.25, -0.2) is 9.67 Å². The quantitative estimate of drug-likeness (QED) is 0.256. The molecule has 0 aliphatic rings. The van der Waals surface area contributed by atoms with Crippen molar-refractivity contribution in [2.24, 2.45) is 4.99 Å². The number of aliphatic hydroxyl groups is 1. The van der Waals surface area contributed by atoms with Gasteiger partial charge in [0.25, 0.3) is 0 Å². The molecule has 11 heteroatoms. The molecule has 8 nitrogen and oxygen atoms in total. The van der Waals surface area contributed by atoms with Crippen LogP contribution in [0.2, 0.25) is 0 Å². The lowest BCUT2D eigenvalue weighted by molar-refractivity contribution is -0.137. The highest BCUT2D eigenvalue weighted by Crippen LogP contribution is 2.33. The maximum atomic E-state index is 13.0. The van der Waals surface area contributed by atoms with E-state index >= 15 is 0 Å². The minimum atomic E-state index is -4.45. The van der Waals surface area contributed by atoms with Crippen molar-refractivity contribution in [1.29, 1.82) is 0 Å². The van der Waals surface area contributed by atoms with Crippen LogP contribution in [0.5, 0.6) is 11.5 Å². The number of aldehydes is 1. The maximum Gasteiger partial charge on any atom is 0.416 e. The summed E-state index contributed by atoms with van der Waals surface area (Å²) in [7, 11) is 4.74. The van der Waals surface area contributed by atoms with Gasteiger partial charge in [0.2, 0.25) is 0 Å². The summed E-state index contributed by atoms with van der Waals surface area (Å²) >= 11 is 0. The molecule has 1 heterocycles. The van der Waals surface area contributed by atoms with E-state index in [4.69, 9.17) is 9.47 Å². The lowest BCUT2D eigenvalue weighted by atomic mass is 10.1. The number of aliphatic imine (C=N–C) groups is 1. The second-order valence-corrected chi connectivity index (χ2v) is 7.87. The molecule has 1 aromatic heterocycles. The Kier molecular flexibility index (Phi) is 8.36. The van der Waals surface area contributed by atoms with Crippen molar-refractivity contribution in [3.8, 4) is 11.5 Å². The Morgan fingerprint density at radius 2 is 1.83 bits per heavy atom. The third-order valence-corrected chi connectivity index (χ3v) is 5.70. The molecule has 0 aliphatic heterocycles. The van der Waals surface area contributed by atoms with Crippen LogP contribution in [-0.4, -0.2) is 48.3 Å². The molecular weight excluding hydrogens is 477 g/mol. The number of carbonyl (C=O) groups is 1. The molecule has 0 spiro atoms. The van der Waals surface area contributed by atoms with Gasteiger partial charge in [-0.3, -0.25) is 4.79 Å². The molecule has 3 aromatic rings. The zero-order chi connectivity index (χ0) is 26.5. The second-order valence-electron chi connectivity index (χ2n) is 7.87. The van der Waals surface area contributed by atoms with E-state index in [1.165, 1.54) is 31.0 Å². The fourth-order valence-electron chi connectivity index (χ4n) is 3.69. The van der Waals surface area contributed by atoms with Gasteiger partial charge in [0, 0.05) is 13.5 Å². The van der Waals surface area contributed by atoms with Gasteiger partial charge in [0.1, 0.15) is 11.5 Å². The van der Waals surface area contributed by atoms with Crippen molar-refractivity contribution in [2.45, 2.75) is 32.2 Å². The molecule has 0 fully saturated rings. The van der Waals surface area contributed by atoms with Crippen LogP contribution in [0.4, 0.5) is 19.0 Å². The number of methoxy groups -OCH3 is 2. The van der Waals surface area contributed by atoms with Crippen LogP contribution in [-0.2, 0) is 19.2 Å². The number of carbonyl (C=O) groups excluding carboxylic acids is 1. The smallest absolute Gasteiger partial charge is 0.416 e. The highest BCUT2D eigenvalue weighted by molar-refractivity contribution is 5.90.